The SMILES string of the molecule is CS(=O)(=O)C1CCCC(S(=O)c2ccc(F)cc2N)C1. The summed E-state index contributed by atoms with van der Waals surface area (Å²) >= 11 is 0. The van der Waals surface area contributed by atoms with Crippen LogP contribution in [0.4, 0.5) is 10.1 Å². The van der Waals surface area contributed by atoms with Gasteiger partial charge in [-0.15, -0.1) is 0 Å². The van der Waals surface area contributed by atoms with E-state index in [-0.39, 0.29) is 10.9 Å². The first-order valence-corrected chi connectivity index (χ1v) is 9.60. The summed E-state index contributed by atoms with van der Waals surface area (Å²) in [6, 6.07) is 3.79. The minimum absolute atomic E-state index is 0.157. The Bertz CT molecular complexity index is 631. The van der Waals surface area contributed by atoms with Crippen molar-refractivity contribution in [1.29, 1.82) is 0 Å². The Morgan fingerprint density at radius 2 is 2.05 bits per heavy atom. The van der Waals surface area contributed by atoms with Gasteiger partial charge in [0.1, 0.15) is 15.7 Å². The summed E-state index contributed by atoms with van der Waals surface area (Å²) in [6.07, 6.45) is 3.65. The molecule has 20 heavy (non-hydrogen) atoms. The molecule has 0 saturated heterocycles. The summed E-state index contributed by atoms with van der Waals surface area (Å²) in [5.74, 6) is -0.471. The number of nitrogen functional groups attached to an aromatic ring is 1. The van der Waals surface area contributed by atoms with E-state index < -0.39 is 31.7 Å². The molecule has 0 radical (unpaired) electrons. The van der Waals surface area contributed by atoms with Gasteiger partial charge in [-0.2, -0.15) is 0 Å². The first-order chi connectivity index (χ1) is 9.29. The normalized spacial score (nSPS) is 25.3. The van der Waals surface area contributed by atoms with E-state index in [1.807, 2.05) is 0 Å². The predicted molar refractivity (Wildman–Crippen MR) is 78.1 cm³/mol. The Labute approximate surface area is 120 Å². The second-order valence-corrected chi connectivity index (χ2v) is 9.25. The first kappa shape index (κ1) is 15.4. The third kappa shape index (κ3) is 3.38. The van der Waals surface area contributed by atoms with Crippen molar-refractivity contribution in [2.75, 3.05) is 12.0 Å². The molecule has 1 aliphatic carbocycles. The molecule has 4 nitrogen and oxygen atoms in total. The molecule has 3 unspecified atom stereocenters. The summed E-state index contributed by atoms with van der Waals surface area (Å²) in [5, 5.41) is -0.678. The van der Waals surface area contributed by atoms with Crippen molar-refractivity contribution in [1.82, 2.24) is 0 Å². The highest BCUT2D eigenvalue weighted by molar-refractivity contribution is 7.91. The minimum Gasteiger partial charge on any atom is -0.398 e. The minimum atomic E-state index is -3.12. The molecular weight excluding hydrogens is 301 g/mol. The monoisotopic (exact) mass is 319 g/mol. The van der Waals surface area contributed by atoms with Crippen LogP contribution in [0.3, 0.4) is 0 Å². The van der Waals surface area contributed by atoms with Gasteiger partial charge in [0.25, 0.3) is 0 Å². The van der Waals surface area contributed by atoms with Gasteiger partial charge >= 0.3 is 0 Å². The van der Waals surface area contributed by atoms with Crippen molar-refractivity contribution in [3.63, 3.8) is 0 Å². The Balaban J connectivity index is 2.21. The predicted octanol–water partition coefficient (Wildman–Crippen LogP) is 1.87. The molecule has 112 valence electrons. The molecule has 0 amide bonds. The summed E-state index contributed by atoms with van der Waals surface area (Å²) in [5.41, 5.74) is 5.86. The number of hydrogen-bond donors (Lipinski definition) is 1. The van der Waals surface area contributed by atoms with Gasteiger partial charge in [-0.3, -0.25) is 4.21 Å². The summed E-state index contributed by atoms with van der Waals surface area (Å²) in [4.78, 5) is 0.394. The van der Waals surface area contributed by atoms with Crippen LogP contribution < -0.4 is 5.73 Å². The number of anilines is 1. The molecule has 0 spiro atoms. The largest absolute Gasteiger partial charge is 0.398 e. The van der Waals surface area contributed by atoms with Gasteiger partial charge in [-0.1, -0.05) is 6.42 Å². The third-order valence-corrected chi connectivity index (χ3v) is 7.15. The van der Waals surface area contributed by atoms with Crippen LogP contribution in [0.1, 0.15) is 25.7 Å². The second kappa shape index (κ2) is 5.81. The molecule has 2 N–H and O–H groups in total. The van der Waals surface area contributed by atoms with E-state index in [1.165, 1.54) is 18.4 Å². The van der Waals surface area contributed by atoms with Crippen LogP contribution >= 0.6 is 0 Å². The van der Waals surface area contributed by atoms with Gasteiger partial charge in [0.15, 0.2) is 0 Å². The van der Waals surface area contributed by atoms with Crippen LogP contribution in [0.25, 0.3) is 0 Å². The standard InChI is InChI=1S/C13H18FNO3S2/c1-20(17,18)11-4-2-3-10(8-11)19(16)13-6-5-9(14)7-12(13)15/h5-7,10-11H,2-4,8,15H2,1H3. The first-order valence-electron chi connectivity index (χ1n) is 6.43. The van der Waals surface area contributed by atoms with E-state index in [2.05, 4.69) is 0 Å². The van der Waals surface area contributed by atoms with Crippen molar-refractivity contribution < 1.29 is 17.0 Å². The number of halogens is 1. The summed E-state index contributed by atoms with van der Waals surface area (Å²) < 4.78 is 48.8. The molecule has 0 heterocycles. The summed E-state index contributed by atoms with van der Waals surface area (Å²) in [7, 11) is -4.52. The highest BCUT2D eigenvalue weighted by Crippen LogP contribution is 2.31. The highest BCUT2D eigenvalue weighted by Gasteiger charge is 2.32. The molecule has 3 atom stereocenters. The lowest BCUT2D eigenvalue weighted by atomic mass is 10.00. The van der Waals surface area contributed by atoms with E-state index in [4.69, 9.17) is 5.73 Å². The number of benzene rings is 1. The van der Waals surface area contributed by atoms with Gasteiger partial charge in [0.05, 0.1) is 26.6 Å². The van der Waals surface area contributed by atoms with Crippen molar-refractivity contribution in [2.45, 2.75) is 41.1 Å². The molecule has 1 fully saturated rings. The molecule has 7 heteroatoms. The van der Waals surface area contributed by atoms with Gasteiger partial charge in [0, 0.05) is 11.5 Å². The average molecular weight is 319 g/mol. The molecule has 0 bridgehead atoms. The maximum absolute atomic E-state index is 13.0. The molecule has 1 aliphatic rings. The van der Waals surface area contributed by atoms with Crippen LogP contribution in [-0.4, -0.2) is 29.4 Å². The van der Waals surface area contributed by atoms with E-state index in [0.29, 0.717) is 24.2 Å². The zero-order valence-electron chi connectivity index (χ0n) is 11.2. The van der Waals surface area contributed by atoms with Crippen LogP contribution in [0.2, 0.25) is 0 Å². The van der Waals surface area contributed by atoms with Gasteiger partial charge in [-0.05, 0) is 37.5 Å². The van der Waals surface area contributed by atoms with Crippen molar-refractivity contribution >= 4 is 26.3 Å². The van der Waals surface area contributed by atoms with E-state index in [0.717, 1.165) is 12.5 Å². The summed E-state index contributed by atoms with van der Waals surface area (Å²) in [6.45, 7) is 0. The molecule has 1 aromatic carbocycles. The van der Waals surface area contributed by atoms with Crippen LogP contribution in [0.5, 0.6) is 0 Å². The lowest BCUT2D eigenvalue weighted by Crippen LogP contribution is -2.32. The van der Waals surface area contributed by atoms with E-state index in [1.54, 1.807) is 0 Å². The fourth-order valence-corrected chi connectivity index (χ4v) is 5.51. The molecule has 2 rings (SSSR count). The van der Waals surface area contributed by atoms with Crippen molar-refractivity contribution in [3.8, 4) is 0 Å². The average Bonchev–Trinajstić information content (AvgIpc) is 2.37. The van der Waals surface area contributed by atoms with Crippen molar-refractivity contribution in [2.24, 2.45) is 0 Å². The maximum Gasteiger partial charge on any atom is 0.150 e. The van der Waals surface area contributed by atoms with E-state index >= 15 is 0 Å². The topological polar surface area (TPSA) is 77.2 Å². The number of nitrogens with two attached hydrogens (primary N) is 1. The highest BCUT2D eigenvalue weighted by atomic mass is 32.2. The lowest BCUT2D eigenvalue weighted by Gasteiger charge is -2.27. The molecule has 0 aromatic heterocycles. The Kier molecular flexibility index (Phi) is 4.49. The van der Waals surface area contributed by atoms with Crippen LogP contribution in [0, 0.1) is 5.82 Å². The zero-order valence-corrected chi connectivity index (χ0v) is 12.8. The fourth-order valence-electron chi connectivity index (χ4n) is 2.57. The molecule has 1 aromatic rings. The Hall–Kier alpha value is -0.950. The molecule has 1 saturated carbocycles. The van der Waals surface area contributed by atoms with Gasteiger partial charge in [0.2, 0.25) is 0 Å². The zero-order chi connectivity index (χ0) is 14.9. The number of sulfone groups is 1. The second-order valence-electron chi connectivity index (χ2n) is 5.22. The lowest BCUT2D eigenvalue weighted by molar-refractivity contribution is 0.487. The molecule has 0 aliphatic heterocycles. The number of rotatable bonds is 3. The van der Waals surface area contributed by atoms with Crippen LogP contribution in [-0.2, 0) is 20.6 Å². The van der Waals surface area contributed by atoms with E-state index in [9.17, 15) is 17.0 Å². The van der Waals surface area contributed by atoms with Gasteiger partial charge in [-0.25, -0.2) is 12.8 Å². The quantitative estimate of drug-likeness (QED) is 0.863. The van der Waals surface area contributed by atoms with Gasteiger partial charge < -0.3 is 5.73 Å². The smallest absolute Gasteiger partial charge is 0.150 e. The fraction of sp³-hybridized carbons (Fsp3) is 0.538. The maximum atomic E-state index is 13.0. The Morgan fingerprint density at radius 3 is 2.65 bits per heavy atom. The number of hydrogen-bond acceptors (Lipinski definition) is 4. The molecular formula is C13H18FNO3S2. The van der Waals surface area contributed by atoms with Crippen molar-refractivity contribution in [3.05, 3.63) is 24.0 Å². The third-order valence-electron chi connectivity index (χ3n) is 3.67. The Morgan fingerprint density at radius 1 is 1.35 bits per heavy atom. The van der Waals surface area contributed by atoms with Crippen LogP contribution in [0.15, 0.2) is 23.1 Å².